The van der Waals surface area contributed by atoms with E-state index in [0.29, 0.717) is 5.82 Å². The standard InChI is InChI=1S/C15H21N3O3/c1-15(2,3)21-14(20)17-13-11(6-4-8-16-13)12-7-5-9-18(12)10-19/h4,6,8,10,12H,5,7,9H2,1-3H3,(H,16,17,20). The number of likely N-dealkylation sites (tertiary alicyclic amines) is 1. The SMILES string of the molecule is CC(C)(C)OC(=O)Nc1ncccc1C1CCCN1C=O. The van der Waals surface area contributed by atoms with E-state index in [1.807, 2.05) is 6.07 Å². The second-order valence-electron chi connectivity index (χ2n) is 6.07. The number of nitrogens with one attached hydrogen (secondary N) is 1. The molecule has 2 amide bonds. The van der Waals surface area contributed by atoms with Crippen molar-refractivity contribution in [3.8, 4) is 0 Å². The van der Waals surface area contributed by atoms with Gasteiger partial charge in [0.2, 0.25) is 6.41 Å². The number of anilines is 1. The number of hydrogen-bond acceptors (Lipinski definition) is 4. The van der Waals surface area contributed by atoms with Gasteiger partial charge >= 0.3 is 6.09 Å². The van der Waals surface area contributed by atoms with E-state index in [1.54, 1.807) is 37.9 Å². The van der Waals surface area contributed by atoms with Crippen molar-refractivity contribution in [1.29, 1.82) is 0 Å². The molecule has 0 saturated carbocycles. The number of carbonyl (C=O) groups excluding carboxylic acids is 2. The summed E-state index contributed by atoms with van der Waals surface area (Å²) in [5, 5.41) is 2.67. The zero-order valence-electron chi connectivity index (χ0n) is 12.6. The molecular formula is C15H21N3O3. The molecule has 1 atom stereocenters. The molecule has 1 N–H and O–H groups in total. The largest absolute Gasteiger partial charge is 0.444 e. The van der Waals surface area contributed by atoms with Gasteiger partial charge in [-0.15, -0.1) is 0 Å². The minimum Gasteiger partial charge on any atom is -0.444 e. The van der Waals surface area contributed by atoms with Crippen molar-refractivity contribution in [3.63, 3.8) is 0 Å². The van der Waals surface area contributed by atoms with Crippen LogP contribution in [-0.4, -0.2) is 34.5 Å². The summed E-state index contributed by atoms with van der Waals surface area (Å²) in [6.07, 6.45) is 3.73. The summed E-state index contributed by atoms with van der Waals surface area (Å²) in [6, 6.07) is 3.64. The third-order valence-corrected chi connectivity index (χ3v) is 3.25. The number of carbonyl (C=O) groups is 2. The van der Waals surface area contributed by atoms with Crippen LogP contribution >= 0.6 is 0 Å². The van der Waals surface area contributed by atoms with Gasteiger partial charge in [-0.1, -0.05) is 6.07 Å². The normalized spacial score (nSPS) is 18.4. The maximum absolute atomic E-state index is 11.9. The number of ether oxygens (including phenoxy) is 1. The Morgan fingerprint density at radius 2 is 2.29 bits per heavy atom. The minimum absolute atomic E-state index is 0.0406. The Balaban J connectivity index is 2.17. The van der Waals surface area contributed by atoms with Crippen LogP contribution < -0.4 is 5.32 Å². The molecule has 1 aliphatic heterocycles. The Bertz CT molecular complexity index is 525. The summed E-state index contributed by atoms with van der Waals surface area (Å²) < 4.78 is 5.24. The molecule has 2 rings (SSSR count). The summed E-state index contributed by atoms with van der Waals surface area (Å²) in [5.74, 6) is 0.450. The van der Waals surface area contributed by atoms with Crippen molar-refractivity contribution in [1.82, 2.24) is 9.88 Å². The van der Waals surface area contributed by atoms with Crippen LogP contribution in [0.15, 0.2) is 18.3 Å². The minimum atomic E-state index is -0.568. The summed E-state index contributed by atoms with van der Waals surface area (Å²) >= 11 is 0. The van der Waals surface area contributed by atoms with Crippen LogP contribution in [0.1, 0.15) is 45.2 Å². The summed E-state index contributed by atoms with van der Waals surface area (Å²) in [4.78, 5) is 28.9. The van der Waals surface area contributed by atoms with Gasteiger partial charge in [-0.05, 0) is 39.7 Å². The quantitative estimate of drug-likeness (QED) is 0.869. The monoisotopic (exact) mass is 291 g/mol. The second kappa shape index (κ2) is 6.11. The van der Waals surface area contributed by atoms with Gasteiger partial charge in [0.15, 0.2) is 0 Å². The highest BCUT2D eigenvalue weighted by Crippen LogP contribution is 2.33. The second-order valence-corrected chi connectivity index (χ2v) is 6.07. The molecule has 6 nitrogen and oxygen atoms in total. The summed E-state index contributed by atoms with van der Waals surface area (Å²) in [7, 11) is 0. The number of nitrogens with zero attached hydrogens (tertiary/aromatic N) is 2. The fourth-order valence-corrected chi connectivity index (χ4v) is 2.44. The van der Waals surface area contributed by atoms with Gasteiger partial charge in [0.1, 0.15) is 11.4 Å². The van der Waals surface area contributed by atoms with Gasteiger partial charge in [0.05, 0.1) is 6.04 Å². The van der Waals surface area contributed by atoms with E-state index in [-0.39, 0.29) is 6.04 Å². The van der Waals surface area contributed by atoms with Gasteiger partial charge in [-0.25, -0.2) is 9.78 Å². The Morgan fingerprint density at radius 1 is 1.52 bits per heavy atom. The maximum atomic E-state index is 11.9. The molecule has 0 radical (unpaired) electrons. The van der Waals surface area contributed by atoms with E-state index in [2.05, 4.69) is 10.3 Å². The number of pyridine rings is 1. The number of aromatic nitrogens is 1. The van der Waals surface area contributed by atoms with Crippen molar-refractivity contribution in [3.05, 3.63) is 23.9 Å². The Labute approximate surface area is 124 Å². The topological polar surface area (TPSA) is 71.5 Å². The van der Waals surface area contributed by atoms with Crippen LogP contribution in [0.5, 0.6) is 0 Å². The fourth-order valence-electron chi connectivity index (χ4n) is 2.44. The molecule has 0 aromatic carbocycles. The van der Waals surface area contributed by atoms with Crippen LogP contribution in [0.25, 0.3) is 0 Å². The molecule has 0 bridgehead atoms. The molecule has 1 fully saturated rings. The highest BCUT2D eigenvalue weighted by molar-refractivity contribution is 5.84. The lowest BCUT2D eigenvalue weighted by molar-refractivity contribution is -0.118. The van der Waals surface area contributed by atoms with E-state index in [9.17, 15) is 9.59 Å². The van der Waals surface area contributed by atoms with Gasteiger partial charge in [-0.2, -0.15) is 0 Å². The van der Waals surface area contributed by atoms with Crippen LogP contribution in [-0.2, 0) is 9.53 Å². The molecule has 0 spiro atoms. The lowest BCUT2D eigenvalue weighted by Crippen LogP contribution is -2.28. The molecular weight excluding hydrogens is 270 g/mol. The van der Waals surface area contributed by atoms with Gasteiger partial charge in [0, 0.05) is 18.3 Å². The Kier molecular flexibility index (Phi) is 4.45. The molecule has 1 saturated heterocycles. The molecule has 1 aromatic rings. The van der Waals surface area contributed by atoms with Crippen LogP contribution in [0.4, 0.5) is 10.6 Å². The predicted molar refractivity (Wildman–Crippen MR) is 78.8 cm³/mol. The van der Waals surface area contributed by atoms with E-state index in [1.165, 1.54) is 0 Å². The molecule has 0 aliphatic carbocycles. The van der Waals surface area contributed by atoms with Gasteiger partial charge in [0.25, 0.3) is 0 Å². The van der Waals surface area contributed by atoms with Gasteiger partial charge in [-0.3, -0.25) is 10.1 Å². The number of hydrogen-bond donors (Lipinski definition) is 1. The van der Waals surface area contributed by atoms with E-state index in [0.717, 1.165) is 31.4 Å². The first-order valence-electron chi connectivity index (χ1n) is 7.06. The van der Waals surface area contributed by atoms with Crippen molar-refractivity contribution in [2.45, 2.75) is 45.3 Å². The predicted octanol–water partition coefficient (Wildman–Crippen LogP) is 2.72. The molecule has 2 heterocycles. The van der Waals surface area contributed by atoms with Crippen molar-refractivity contribution < 1.29 is 14.3 Å². The average Bonchev–Trinajstić information content (AvgIpc) is 2.85. The molecule has 6 heteroatoms. The first-order chi connectivity index (χ1) is 9.90. The highest BCUT2D eigenvalue weighted by atomic mass is 16.6. The van der Waals surface area contributed by atoms with Crippen molar-refractivity contribution in [2.24, 2.45) is 0 Å². The van der Waals surface area contributed by atoms with Crippen LogP contribution in [0.3, 0.4) is 0 Å². The van der Waals surface area contributed by atoms with Crippen molar-refractivity contribution >= 4 is 18.3 Å². The lowest BCUT2D eigenvalue weighted by Gasteiger charge is -2.23. The zero-order chi connectivity index (χ0) is 15.5. The molecule has 1 unspecified atom stereocenters. The fraction of sp³-hybridized carbons (Fsp3) is 0.533. The Hall–Kier alpha value is -2.11. The maximum Gasteiger partial charge on any atom is 0.413 e. The lowest BCUT2D eigenvalue weighted by atomic mass is 10.1. The third-order valence-electron chi connectivity index (χ3n) is 3.25. The summed E-state index contributed by atoms with van der Waals surface area (Å²) in [6.45, 7) is 6.14. The molecule has 114 valence electrons. The smallest absolute Gasteiger partial charge is 0.413 e. The van der Waals surface area contributed by atoms with E-state index >= 15 is 0 Å². The zero-order valence-corrected chi connectivity index (χ0v) is 12.6. The molecule has 1 aromatic heterocycles. The van der Waals surface area contributed by atoms with Crippen LogP contribution in [0.2, 0.25) is 0 Å². The molecule has 21 heavy (non-hydrogen) atoms. The third kappa shape index (κ3) is 3.93. The van der Waals surface area contributed by atoms with Crippen molar-refractivity contribution in [2.75, 3.05) is 11.9 Å². The number of rotatable bonds is 3. The molecule has 1 aliphatic rings. The number of amides is 2. The Morgan fingerprint density at radius 3 is 2.95 bits per heavy atom. The first-order valence-corrected chi connectivity index (χ1v) is 7.06. The highest BCUT2D eigenvalue weighted by Gasteiger charge is 2.28. The summed E-state index contributed by atoms with van der Waals surface area (Å²) in [5.41, 5.74) is 0.272. The average molecular weight is 291 g/mol. The van der Waals surface area contributed by atoms with Crippen LogP contribution in [0, 0.1) is 0 Å². The first kappa shape index (κ1) is 15.3. The van der Waals surface area contributed by atoms with E-state index in [4.69, 9.17) is 4.74 Å². The van der Waals surface area contributed by atoms with E-state index < -0.39 is 11.7 Å². The van der Waals surface area contributed by atoms with Gasteiger partial charge < -0.3 is 9.64 Å².